The lowest BCUT2D eigenvalue weighted by Crippen LogP contribution is -2.46. The van der Waals surface area contributed by atoms with Crippen LogP contribution in [0.25, 0.3) is 11.4 Å². The predicted molar refractivity (Wildman–Crippen MR) is 113 cm³/mol. The molecule has 0 saturated heterocycles. The molecule has 2 heterocycles. The number of benzene rings is 1. The number of fused-ring (bicyclic) bond motifs is 1. The summed E-state index contributed by atoms with van der Waals surface area (Å²) in [5.41, 5.74) is 6.49. The third kappa shape index (κ3) is 5.28. The number of nitrogens with zero attached hydrogens (tertiary/aromatic N) is 3. The van der Waals surface area contributed by atoms with E-state index in [0.717, 1.165) is 25.1 Å². The average molecular weight is 434 g/mol. The number of nitrogens with one attached hydrogen (secondary N) is 1. The Kier molecular flexibility index (Phi) is 6.45. The van der Waals surface area contributed by atoms with E-state index >= 15 is 0 Å². The van der Waals surface area contributed by atoms with E-state index < -0.39 is 29.5 Å². The zero-order chi connectivity index (χ0) is 22.9. The first-order valence-corrected chi connectivity index (χ1v) is 10.3. The summed E-state index contributed by atoms with van der Waals surface area (Å²) in [6.45, 7) is 7.71. The molecule has 9 heteroatoms. The number of aromatic nitrogens is 2. The number of carbonyl (C=O) groups excluding carboxylic acids is 2. The van der Waals surface area contributed by atoms with Gasteiger partial charge in [-0.1, -0.05) is 20.8 Å². The molecule has 7 nitrogen and oxygen atoms in total. The number of hydrogen-bond acceptors (Lipinski definition) is 4. The Morgan fingerprint density at radius 3 is 2.55 bits per heavy atom. The zero-order valence-corrected chi connectivity index (χ0v) is 18.3. The fourth-order valence-electron chi connectivity index (χ4n) is 3.82. The van der Waals surface area contributed by atoms with Gasteiger partial charge in [-0.3, -0.25) is 9.59 Å². The molecule has 1 aromatic heterocycles. The van der Waals surface area contributed by atoms with Crippen molar-refractivity contribution in [1.82, 2.24) is 19.8 Å². The Balaban J connectivity index is 2.03. The second-order valence-corrected chi connectivity index (χ2v) is 9.30. The van der Waals surface area contributed by atoms with Crippen LogP contribution in [0.3, 0.4) is 0 Å². The quantitative estimate of drug-likeness (QED) is 0.758. The maximum Gasteiger partial charge on any atom is 0.272 e. The van der Waals surface area contributed by atoms with Crippen LogP contribution in [0.5, 0.6) is 0 Å². The summed E-state index contributed by atoms with van der Waals surface area (Å²) in [4.78, 5) is 31.7. The standard InChI is InChI=1S/C22H29F2N5O2/c1-22(2,3)11-16(19(25)30)26-21(31)18-17-12-28(4)8-5-9-29(17)20(27-18)13-6-7-14(23)15(24)10-13/h6-7,10,16H,5,8-9,11-12H2,1-4H3,(H2,25,30)(H,26,31)/t16-/m0/s1. The Morgan fingerprint density at radius 2 is 1.94 bits per heavy atom. The smallest absolute Gasteiger partial charge is 0.272 e. The third-order valence-corrected chi connectivity index (χ3v) is 5.27. The Bertz CT molecular complexity index is 997. The van der Waals surface area contributed by atoms with E-state index in [1.807, 2.05) is 32.4 Å². The third-order valence-electron chi connectivity index (χ3n) is 5.27. The van der Waals surface area contributed by atoms with Gasteiger partial charge in [-0.15, -0.1) is 0 Å². The molecular formula is C22H29F2N5O2. The largest absolute Gasteiger partial charge is 0.368 e. The van der Waals surface area contributed by atoms with Crippen LogP contribution in [0.2, 0.25) is 0 Å². The summed E-state index contributed by atoms with van der Waals surface area (Å²) in [5, 5.41) is 2.72. The van der Waals surface area contributed by atoms with Crippen LogP contribution < -0.4 is 11.1 Å². The number of primary amides is 1. The van der Waals surface area contributed by atoms with E-state index in [9.17, 15) is 18.4 Å². The second kappa shape index (κ2) is 8.74. The maximum absolute atomic E-state index is 13.9. The normalized spacial score (nSPS) is 15.8. The fraction of sp³-hybridized carbons (Fsp3) is 0.500. The number of halogens is 2. The summed E-state index contributed by atoms with van der Waals surface area (Å²) >= 11 is 0. The molecule has 31 heavy (non-hydrogen) atoms. The van der Waals surface area contributed by atoms with Gasteiger partial charge in [0.1, 0.15) is 11.9 Å². The summed E-state index contributed by atoms with van der Waals surface area (Å²) in [5.74, 6) is -2.67. The molecule has 0 aliphatic carbocycles. The molecule has 1 aliphatic heterocycles. The average Bonchev–Trinajstić information content (AvgIpc) is 2.89. The van der Waals surface area contributed by atoms with Crippen LogP contribution >= 0.6 is 0 Å². The highest BCUT2D eigenvalue weighted by Crippen LogP contribution is 2.28. The second-order valence-electron chi connectivity index (χ2n) is 9.30. The molecule has 168 valence electrons. The molecule has 3 rings (SSSR count). The molecular weight excluding hydrogens is 404 g/mol. The lowest BCUT2D eigenvalue weighted by atomic mass is 9.88. The molecule has 0 radical (unpaired) electrons. The first-order valence-electron chi connectivity index (χ1n) is 10.3. The van der Waals surface area contributed by atoms with E-state index in [1.54, 1.807) is 0 Å². The Hall–Kier alpha value is -2.81. The molecule has 3 N–H and O–H groups in total. The number of imidazole rings is 1. The summed E-state index contributed by atoms with van der Waals surface area (Å²) in [6, 6.07) is 2.71. The highest BCUT2D eigenvalue weighted by molar-refractivity contribution is 5.97. The number of hydrogen-bond donors (Lipinski definition) is 2. The number of nitrogens with two attached hydrogens (primary N) is 1. The minimum absolute atomic E-state index is 0.161. The van der Waals surface area contributed by atoms with Crippen LogP contribution in [0.15, 0.2) is 18.2 Å². The lowest BCUT2D eigenvalue weighted by Gasteiger charge is -2.24. The minimum atomic E-state index is -0.981. The van der Waals surface area contributed by atoms with Crippen molar-refractivity contribution in [2.24, 2.45) is 11.1 Å². The van der Waals surface area contributed by atoms with E-state index in [4.69, 9.17) is 5.73 Å². The summed E-state index contributed by atoms with van der Waals surface area (Å²) < 4.78 is 29.2. The van der Waals surface area contributed by atoms with Crippen molar-refractivity contribution in [3.63, 3.8) is 0 Å². The van der Waals surface area contributed by atoms with Gasteiger partial charge in [-0.25, -0.2) is 13.8 Å². The molecule has 0 spiro atoms. The minimum Gasteiger partial charge on any atom is -0.368 e. The maximum atomic E-state index is 13.9. The SMILES string of the molecule is CN1CCCn2c(-c3ccc(F)c(F)c3)nc(C(=O)N[C@@H](CC(C)(C)C)C(N)=O)c2C1. The van der Waals surface area contributed by atoms with Gasteiger partial charge < -0.3 is 20.5 Å². The van der Waals surface area contributed by atoms with Gasteiger partial charge in [0.2, 0.25) is 5.91 Å². The van der Waals surface area contributed by atoms with E-state index in [-0.39, 0.29) is 11.1 Å². The Labute approximate surface area is 180 Å². The van der Waals surface area contributed by atoms with Gasteiger partial charge >= 0.3 is 0 Å². The van der Waals surface area contributed by atoms with Gasteiger partial charge in [0.25, 0.3) is 5.91 Å². The van der Waals surface area contributed by atoms with Crippen molar-refractivity contribution in [3.8, 4) is 11.4 Å². The summed E-state index contributed by atoms with van der Waals surface area (Å²) in [7, 11) is 1.94. The van der Waals surface area contributed by atoms with Crippen LogP contribution in [0, 0.1) is 17.0 Å². The van der Waals surface area contributed by atoms with Crippen molar-refractivity contribution in [3.05, 3.63) is 41.2 Å². The van der Waals surface area contributed by atoms with Crippen LogP contribution in [-0.4, -0.2) is 45.9 Å². The molecule has 0 fully saturated rings. The highest BCUT2D eigenvalue weighted by Gasteiger charge is 2.30. The highest BCUT2D eigenvalue weighted by atomic mass is 19.2. The van der Waals surface area contributed by atoms with Gasteiger partial charge in [0, 0.05) is 18.7 Å². The lowest BCUT2D eigenvalue weighted by molar-refractivity contribution is -0.120. The predicted octanol–water partition coefficient (Wildman–Crippen LogP) is 2.68. The molecule has 0 bridgehead atoms. The van der Waals surface area contributed by atoms with Gasteiger partial charge in [-0.2, -0.15) is 0 Å². The topological polar surface area (TPSA) is 93.2 Å². The van der Waals surface area contributed by atoms with Crippen LogP contribution in [0.4, 0.5) is 8.78 Å². The molecule has 1 atom stereocenters. The first kappa shape index (κ1) is 22.9. The van der Waals surface area contributed by atoms with Crippen LogP contribution in [0.1, 0.15) is 49.8 Å². The molecule has 0 saturated carbocycles. The fourth-order valence-corrected chi connectivity index (χ4v) is 3.82. The van der Waals surface area contributed by atoms with E-state index in [2.05, 4.69) is 15.2 Å². The van der Waals surface area contributed by atoms with Crippen LogP contribution in [-0.2, 0) is 17.9 Å². The summed E-state index contributed by atoms with van der Waals surface area (Å²) in [6.07, 6.45) is 1.19. The van der Waals surface area contributed by atoms with Crippen molar-refractivity contribution in [1.29, 1.82) is 0 Å². The van der Waals surface area contributed by atoms with E-state index in [1.165, 1.54) is 6.07 Å². The van der Waals surface area contributed by atoms with Crippen molar-refractivity contribution in [2.75, 3.05) is 13.6 Å². The molecule has 1 aromatic carbocycles. The van der Waals surface area contributed by atoms with Crippen molar-refractivity contribution in [2.45, 2.75) is 52.7 Å². The molecule has 2 amide bonds. The first-order chi connectivity index (χ1) is 14.5. The van der Waals surface area contributed by atoms with Crippen molar-refractivity contribution < 1.29 is 18.4 Å². The van der Waals surface area contributed by atoms with Gasteiger partial charge in [0.15, 0.2) is 17.3 Å². The Morgan fingerprint density at radius 1 is 1.23 bits per heavy atom. The van der Waals surface area contributed by atoms with Crippen molar-refractivity contribution >= 4 is 11.8 Å². The number of rotatable bonds is 5. The molecule has 1 aliphatic rings. The monoisotopic (exact) mass is 433 g/mol. The van der Waals surface area contributed by atoms with Gasteiger partial charge in [0.05, 0.1) is 5.69 Å². The van der Waals surface area contributed by atoms with Gasteiger partial charge in [-0.05, 0) is 50.0 Å². The number of amides is 2. The number of carbonyl (C=O) groups is 2. The van der Waals surface area contributed by atoms with E-state index in [0.29, 0.717) is 36.6 Å². The molecule has 0 unspecified atom stereocenters. The molecule has 2 aromatic rings. The zero-order valence-electron chi connectivity index (χ0n) is 18.3.